The van der Waals surface area contributed by atoms with Crippen molar-refractivity contribution < 1.29 is 22.7 Å². The number of amides is 1. The fourth-order valence-electron chi connectivity index (χ4n) is 3.82. The van der Waals surface area contributed by atoms with Crippen LogP contribution in [-0.2, 0) is 26.1 Å². The number of carbonyl (C=O) groups is 1. The maximum atomic E-state index is 12.8. The van der Waals surface area contributed by atoms with E-state index in [0.717, 1.165) is 11.4 Å². The zero-order chi connectivity index (χ0) is 21.8. The largest absolute Gasteiger partial charge is 0.495 e. The monoisotopic (exact) mass is 449 g/mol. The Bertz CT molecular complexity index is 1010. The quantitative estimate of drug-likeness (QED) is 0.624. The topological polar surface area (TPSA) is 97.2 Å². The van der Waals surface area contributed by atoms with Gasteiger partial charge in [0.25, 0.3) is 10.0 Å². The standard InChI is InChI=1S/C20H27N5O5S/c1-29-18-5-3-2-4-17(18)23-6-8-24(9-7-23)20(26)15-22-14-19(21-16-22)31(27,28)25-10-12-30-13-11-25/h2-5,14,16H,6-13,15H2,1H3. The van der Waals surface area contributed by atoms with E-state index < -0.39 is 10.0 Å². The Labute approximate surface area is 182 Å². The van der Waals surface area contributed by atoms with Gasteiger partial charge < -0.3 is 23.8 Å². The fourth-order valence-corrected chi connectivity index (χ4v) is 5.17. The number of morpholine rings is 1. The minimum absolute atomic E-state index is 0.0387. The van der Waals surface area contributed by atoms with Gasteiger partial charge in [0.15, 0.2) is 5.03 Å². The lowest BCUT2D eigenvalue weighted by Crippen LogP contribution is -2.49. The highest BCUT2D eigenvalue weighted by molar-refractivity contribution is 7.89. The second kappa shape index (κ2) is 9.25. The van der Waals surface area contributed by atoms with Gasteiger partial charge in [-0.2, -0.15) is 4.31 Å². The molecule has 0 aliphatic carbocycles. The molecule has 0 radical (unpaired) electrons. The molecule has 1 aromatic carbocycles. The van der Waals surface area contributed by atoms with Crippen LogP contribution in [0.2, 0.25) is 0 Å². The molecule has 2 aliphatic heterocycles. The lowest BCUT2D eigenvalue weighted by atomic mass is 10.2. The molecule has 0 atom stereocenters. The van der Waals surface area contributed by atoms with Gasteiger partial charge >= 0.3 is 0 Å². The predicted molar refractivity (Wildman–Crippen MR) is 114 cm³/mol. The zero-order valence-electron chi connectivity index (χ0n) is 17.5. The van der Waals surface area contributed by atoms with Crippen LogP contribution in [0.4, 0.5) is 5.69 Å². The van der Waals surface area contributed by atoms with Crippen LogP contribution < -0.4 is 9.64 Å². The number of piperazine rings is 1. The number of methoxy groups -OCH3 is 1. The van der Waals surface area contributed by atoms with Crippen LogP contribution in [-0.4, -0.2) is 92.7 Å². The van der Waals surface area contributed by atoms with Crippen molar-refractivity contribution in [2.45, 2.75) is 11.6 Å². The molecule has 3 heterocycles. The number of rotatable bonds is 6. The Kier molecular flexibility index (Phi) is 6.44. The average Bonchev–Trinajstić information content (AvgIpc) is 3.29. The summed E-state index contributed by atoms with van der Waals surface area (Å²) in [5.41, 5.74) is 1.02. The lowest BCUT2D eigenvalue weighted by Gasteiger charge is -2.36. The Morgan fingerprint density at radius 1 is 1.10 bits per heavy atom. The molecule has 0 unspecified atom stereocenters. The number of imidazole rings is 1. The summed E-state index contributed by atoms with van der Waals surface area (Å²) in [4.78, 5) is 20.8. The third-order valence-electron chi connectivity index (χ3n) is 5.56. The Balaban J connectivity index is 1.34. The van der Waals surface area contributed by atoms with E-state index in [4.69, 9.17) is 9.47 Å². The van der Waals surface area contributed by atoms with Crippen molar-refractivity contribution in [3.8, 4) is 5.75 Å². The molecule has 0 bridgehead atoms. The number of ether oxygens (including phenoxy) is 2. The number of sulfonamides is 1. The molecule has 168 valence electrons. The molecule has 1 aromatic heterocycles. The molecule has 2 aromatic rings. The minimum Gasteiger partial charge on any atom is -0.495 e. The molecule has 1 amide bonds. The van der Waals surface area contributed by atoms with Crippen molar-refractivity contribution in [1.29, 1.82) is 0 Å². The second-order valence-corrected chi connectivity index (χ2v) is 9.33. The molecule has 10 nitrogen and oxygen atoms in total. The number of anilines is 1. The summed E-state index contributed by atoms with van der Waals surface area (Å²) in [5, 5.41) is -0.0387. The van der Waals surface area contributed by atoms with Gasteiger partial charge in [0.1, 0.15) is 12.3 Å². The van der Waals surface area contributed by atoms with Gasteiger partial charge in [-0.15, -0.1) is 0 Å². The molecule has 2 aliphatic rings. The van der Waals surface area contributed by atoms with Crippen LogP contribution in [0.25, 0.3) is 0 Å². The fraction of sp³-hybridized carbons (Fsp3) is 0.500. The molecule has 2 saturated heterocycles. The van der Waals surface area contributed by atoms with Crippen LogP contribution in [0.5, 0.6) is 5.75 Å². The molecule has 0 spiro atoms. The lowest BCUT2D eigenvalue weighted by molar-refractivity contribution is -0.132. The first-order chi connectivity index (χ1) is 15.0. The van der Waals surface area contributed by atoms with Gasteiger partial charge in [-0.3, -0.25) is 4.79 Å². The smallest absolute Gasteiger partial charge is 0.262 e. The van der Waals surface area contributed by atoms with E-state index in [1.807, 2.05) is 24.3 Å². The summed E-state index contributed by atoms with van der Waals surface area (Å²) in [6.45, 7) is 4.00. The van der Waals surface area contributed by atoms with Gasteiger partial charge in [0, 0.05) is 45.5 Å². The van der Waals surface area contributed by atoms with E-state index in [-0.39, 0.29) is 17.5 Å². The molecule has 0 saturated carbocycles. The second-order valence-electron chi connectivity index (χ2n) is 7.44. The average molecular weight is 450 g/mol. The van der Waals surface area contributed by atoms with Crippen molar-refractivity contribution in [3.05, 3.63) is 36.8 Å². The van der Waals surface area contributed by atoms with Crippen molar-refractivity contribution in [2.75, 3.05) is 64.5 Å². The summed E-state index contributed by atoms with van der Waals surface area (Å²) in [6, 6.07) is 7.84. The van der Waals surface area contributed by atoms with Gasteiger partial charge in [0.2, 0.25) is 5.91 Å². The van der Waals surface area contributed by atoms with E-state index in [2.05, 4.69) is 9.88 Å². The summed E-state index contributed by atoms with van der Waals surface area (Å²) >= 11 is 0. The Hall–Kier alpha value is -2.63. The highest BCUT2D eigenvalue weighted by Crippen LogP contribution is 2.28. The molecule has 11 heteroatoms. The number of para-hydroxylation sites is 2. The minimum atomic E-state index is -3.67. The summed E-state index contributed by atoms with van der Waals surface area (Å²) < 4.78 is 38.9. The first-order valence-corrected chi connectivity index (χ1v) is 11.7. The van der Waals surface area contributed by atoms with Crippen molar-refractivity contribution in [1.82, 2.24) is 18.8 Å². The van der Waals surface area contributed by atoms with E-state index >= 15 is 0 Å². The highest BCUT2D eigenvalue weighted by atomic mass is 32.2. The molecule has 31 heavy (non-hydrogen) atoms. The van der Waals surface area contributed by atoms with E-state index in [1.54, 1.807) is 12.0 Å². The van der Waals surface area contributed by atoms with Gasteiger partial charge in [-0.25, -0.2) is 13.4 Å². The number of nitrogens with zero attached hydrogens (tertiary/aromatic N) is 5. The maximum Gasteiger partial charge on any atom is 0.262 e. The third kappa shape index (κ3) is 4.68. The van der Waals surface area contributed by atoms with Crippen molar-refractivity contribution >= 4 is 21.6 Å². The Morgan fingerprint density at radius 2 is 1.81 bits per heavy atom. The number of hydrogen-bond donors (Lipinski definition) is 0. The summed E-state index contributed by atoms with van der Waals surface area (Å²) in [5.74, 6) is 0.752. The van der Waals surface area contributed by atoms with E-state index in [1.165, 1.54) is 21.4 Å². The number of hydrogen-bond acceptors (Lipinski definition) is 7. The summed E-state index contributed by atoms with van der Waals surface area (Å²) in [6.07, 6.45) is 2.82. The maximum absolute atomic E-state index is 12.8. The normalized spacial score (nSPS) is 18.2. The van der Waals surface area contributed by atoms with Crippen LogP contribution >= 0.6 is 0 Å². The molecule has 0 N–H and O–H groups in total. The predicted octanol–water partition coefficient (Wildman–Crippen LogP) is 0.261. The van der Waals surface area contributed by atoms with Crippen LogP contribution in [0, 0.1) is 0 Å². The third-order valence-corrected chi connectivity index (χ3v) is 7.34. The van der Waals surface area contributed by atoms with Gasteiger partial charge in [-0.05, 0) is 12.1 Å². The first kappa shape index (κ1) is 21.6. The Morgan fingerprint density at radius 3 is 2.52 bits per heavy atom. The molecule has 4 rings (SSSR count). The number of aromatic nitrogens is 2. The van der Waals surface area contributed by atoms with Gasteiger partial charge in [0.05, 0.1) is 32.3 Å². The zero-order valence-corrected chi connectivity index (χ0v) is 18.3. The first-order valence-electron chi connectivity index (χ1n) is 10.2. The van der Waals surface area contributed by atoms with Gasteiger partial charge in [-0.1, -0.05) is 12.1 Å². The number of carbonyl (C=O) groups excluding carboxylic acids is 1. The highest BCUT2D eigenvalue weighted by Gasteiger charge is 2.29. The molecule has 2 fully saturated rings. The number of benzene rings is 1. The van der Waals surface area contributed by atoms with E-state index in [9.17, 15) is 13.2 Å². The van der Waals surface area contributed by atoms with Crippen LogP contribution in [0.1, 0.15) is 0 Å². The SMILES string of the molecule is COc1ccccc1N1CCN(C(=O)Cn2cnc(S(=O)(=O)N3CCOCC3)c2)CC1. The van der Waals surface area contributed by atoms with Crippen molar-refractivity contribution in [2.24, 2.45) is 0 Å². The summed E-state index contributed by atoms with van der Waals surface area (Å²) in [7, 11) is -2.02. The van der Waals surface area contributed by atoms with Crippen LogP contribution in [0.3, 0.4) is 0 Å². The van der Waals surface area contributed by atoms with E-state index in [0.29, 0.717) is 52.5 Å². The van der Waals surface area contributed by atoms with Crippen LogP contribution in [0.15, 0.2) is 41.8 Å². The molecular formula is C20H27N5O5S. The molecular weight excluding hydrogens is 422 g/mol. The van der Waals surface area contributed by atoms with Crippen molar-refractivity contribution in [3.63, 3.8) is 0 Å².